The average molecular weight is 350 g/mol. The first-order chi connectivity index (χ1) is 12.2. The van der Waals surface area contributed by atoms with Gasteiger partial charge in [-0.1, -0.05) is 60.3 Å². The molecule has 0 fully saturated rings. The Morgan fingerprint density at radius 1 is 1.12 bits per heavy atom. The van der Waals surface area contributed by atoms with Crippen LogP contribution < -0.4 is 5.73 Å². The minimum atomic E-state index is -0.419. The number of rotatable bonds is 7. The van der Waals surface area contributed by atoms with Crippen molar-refractivity contribution in [3.05, 3.63) is 78.4 Å². The zero-order valence-corrected chi connectivity index (χ0v) is 14.4. The second kappa shape index (κ2) is 7.81. The molecule has 0 aliphatic carbocycles. The zero-order chi connectivity index (χ0) is 17.6. The number of primary amides is 1. The molecule has 0 saturated carbocycles. The van der Waals surface area contributed by atoms with Crippen molar-refractivity contribution in [2.24, 2.45) is 5.73 Å². The quantitative estimate of drug-likeness (QED) is 0.523. The maximum absolute atomic E-state index is 11.1. The number of hydrogen-bond acceptors (Lipinski definition) is 4. The van der Waals surface area contributed by atoms with Gasteiger partial charge in [0.1, 0.15) is 0 Å². The van der Waals surface area contributed by atoms with Crippen LogP contribution in [0.2, 0.25) is 0 Å². The van der Waals surface area contributed by atoms with Crippen molar-refractivity contribution in [1.82, 2.24) is 14.8 Å². The summed E-state index contributed by atoms with van der Waals surface area (Å²) in [6.07, 6.45) is 1.83. The van der Waals surface area contributed by atoms with Crippen molar-refractivity contribution in [3.63, 3.8) is 0 Å². The molecular formula is C19H18N4OS. The Kier molecular flexibility index (Phi) is 5.30. The van der Waals surface area contributed by atoms with Gasteiger partial charge in [0.15, 0.2) is 11.0 Å². The average Bonchev–Trinajstić information content (AvgIpc) is 3.04. The van der Waals surface area contributed by atoms with Crippen LogP contribution in [-0.4, -0.2) is 20.7 Å². The number of nitrogens with zero attached hydrogens (tertiary/aromatic N) is 3. The van der Waals surface area contributed by atoms with Gasteiger partial charge in [0.2, 0.25) is 5.91 Å². The number of amides is 1. The normalized spacial score (nSPS) is 10.6. The van der Waals surface area contributed by atoms with Crippen LogP contribution in [0.5, 0.6) is 0 Å². The smallest absolute Gasteiger partial charge is 0.248 e. The van der Waals surface area contributed by atoms with E-state index in [4.69, 9.17) is 5.73 Å². The van der Waals surface area contributed by atoms with E-state index in [0.717, 1.165) is 27.9 Å². The molecule has 2 N–H and O–H groups in total. The first-order valence-corrected chi connectivity index (χ1v) is 8.78. The maximum Gasteiger partial charge on any atom is 0.248 e. The van der Waals surface area contributed by atoms with E-state index in [0.29, 0.717) is 12.1 Å². The minimum Gasteiger partial charge on any atom is -0.366 e. The number of thioether (sulfide) groups is 1. The number of nitrogens with two attached hydrogens (primary N) is 1. The van der Waals surface area contributed by atoms with Crippen LogP contribution >= 0.6 is 11.8 Å². The second-order valence-electron chi connectivity index (χ2n) is 5.42. The van der Waals surface area contributed by atoms with Gasteiger partial charge < -0.3 is 5.73 Å². The summed E-state index contributed by atoms with van der Waals surface area (Å²) < 4.78 is 2.05. The molecule has 1 amide bonds. The summed E-state index contributed by atoms with van der Waals surface area (Å²) in [5, 5.41) is 9.50. The van der Waals surface area contributed by atoms with E-state index >= 15 is 0 Å². The Morgan fingerprint density at radius 3 is 2.48 bits per heavy atom. The van der Waals surface area contributed by atoms with Gasteiger partial charge in [0.25, 0.3) is 0 Å². The highest BCUT2D eigenvalue weighted by molar-refractivity contribution is 7.98. The van der Waals surface area contributed by atoms with Crippen molar-refractivity contribution in [3.8, 4) is 11.4 Å². The van der Waals surface area contributed by atoms with Gasteiger partial charge in [-0.05, 0) is 17.7 Å². The molecule has 0 aliphatic heterocycles. The standard InChI is InChI=1S/C19H18N4OS/c1-2-12-23-18(16-6-4-3-5-7-16)21-22-19(23)25-13-14-8-10-15(11-9-14)17(20)24/h2-11H,1,12-13H2,(H2,20,24). The highest BCUT2D eigenvalue weighted by Crippen LogP contribution is 2.26. The van der Waals surface area contributed by atoms with Crippen molar-refractivity contribution in [2.45, 2.75) is 17.5 Å². The number of carbonyl (C=O) groups excluding carboxylic acids is 1. The minimum absolute atomic E-state index is 0.419. The lowest BCUT2D eigenvalue weighted by atomic mass is 10.1. The Balaban J connectivity index is 1.79. The van der Waals surface area contributed by atoms with Crippen molar-refractivity contribution < 1.29 is 4.79 Å². The fourth-order valence-electron chi connectivity index (χ4n) is 2.40. The van der Waals surface area contributed by atoms with Crippen LogP contribution in [-0.2, 0) is 12.3 Å². The highest BCUT2D eigenvalue weighted by atomic mass is 32.2. The molecule has 5 nitrogen and oxygen atoms in total. The third-order valence-electron chi connectivity index (χ3n) is 3.67. The van der Waals surface area contributed by atoms with Crippen LogP contribution in [0.3, 0.4) is 0 Å². The number of aromatic nitrogens is 3. The summed E-state index contributed by atoms with van der Waals surface area (Å²) in [4.78, 5) is 11.1. The van der Waals surface area contributed by atoms with Crippen LogP contribution in [0, 0.1) is 0 Å². The molecule has 6 heteroatoms. The molecule has 1 heterocycles. The van der Waals surface area contributed by atoms with E-state index < -0.39 is 5.91 Å². The molecule has 1 aromatic heterocycles. The lowest BCUT2D eigenvalue weighted by molar-refractivity contribution is 0.100. The molecule has 126 valence electrons. The van der Waals surface area contributed by atoms with Crippen molar-refractivity contribution in [2.75, 3.05) is 0 Å². The predicted octanol–water partition coefficient (Wildman–Crippen LogP) is 3.52. The molecule has 0 bridgehead atoms. The molecule has 0 aliphatic rings. The number of allylic oxidation sites excluding steroid dienone is 1. The van der Waals surface area contributed by atoms with Crippen LogP contribution in [0.25, 0.3) is 11.4 Å². The molecule has 0 saturated heterocycles. The Bertz CT molecular complexity index is 872. The van der Waals surface area contributed by atoms with Gasteiger partial charge in [-0.3, -0.25) is 9.36 Å². The summed E-state index contributed by atoms with van der Waals surface area (Å²) in [5.74, 6) is 1.13. The Morgan fingerprint density at radius 2 is 1.84 bits per heavy atom. The SMILES string of the molecule is C=CCn1c(SCc2ccc(C(N)=O)cc2)nnc1-c1ccccc1. The zero-order valence-electron chi connectivity index (χ0n) is 13.6. The fourth-order valence-corrected chi connectivity index (χ4v) is 3.31. The molecular weight excluding hydrogens is 332 g/mol. The van der Waals surface area contributed by atoms with E-state index in [9.17, 15) is 4.79 Å². The van der Waals surface area contributed by atoms with Crippen LogP contribution in [0.15, 0.2) is 72.4 Å². The van der Waals surface area contributed by atoms with Crippen molar-refractivity contribution >= 4 is 17.7 Å². The van der Waals surface area contributed by atoms with E-state index in [-0.39, 0.29) is 0 Å². The number of hydrogen-bond donors (Lipinski definition) is 1. The predicted molar refractivity (Wildman–Crippen MR) is 100 cm³/mol. The molecule has 3 rings (SSSR count). The fraction of sp³-hybridized carbons (Fsp3) is 0.105. The van der Waals surface area contributed by atoms with E-state index in [1.807, 2.05) is 53.1 Å². The number of benzene rings is 2. The first kappa shape index (κ1) is 17.0. The van der Waals surface area contributed by atoms with Gasteiger partial charge >= 0.3 is 0 Å². The van der Waals surface area contributed by atoms with Gasteiger partial charge in [0, 0.05) is 23.4 Å². The highest BCUT2D eigenvalue weighted by Gasteiger charge is 2.13. The lowest BCUT2D eigenvalue weighted by Gasteiger charge is -2.08. The molecule has 25 heavy (non-hydrogen) atoms. The molecule has 0 atom stereocenters. The maximum atomic E-state index is 11.1. The summed E-state index contributed by atoms with van der Waals surface area (Å²) in [6.45, 7) is 4.47. The summed E-state index contributed by atoms with van der Waals surface area (Å²) >= 11 is 1.60. The summed E-state index contributed by atoms with van der Waals surface area (Å²) in [5.41, 5.74) is 7.88. The molecule has 0 unspecified atom stereocenters. The number of carbonyl (C=O) groups is 1. The molecule has 0 spiro atoms. The van der Waals surface area contributed by atoms with E-state index in [1.54, 1.807) is 23.9 Å². The van der Waals surface area contributed by atoms with E-state index in [1.165, 1.54) is 0 Å². The third kappa shape index (κ3) is 3.97. The van der Waals surface area contributed by atoms with Crippen molar-refractivity contribution in [1.29, 1.82) is 0 Å². The monoisotopic (exact) mass is 350 g/mol. The second-order valence-corrected chi connectivity index (χ2v) is 6.36. The van der Waals surface area contributed by atoms with Crippen LogP contribution in [0.4, 0.5) is 0 Å². The molecule has 3 aromatic rings. The van der Waals surface area contributed by atoms with Gasteiger partial charge in [-0.25, -0.2) is 0 Å². The third-order valence-corrected chi connectivity index (χ3v) is 4.70. The molecule has 2 aromatic carbocycles. The lowest BCUT2D eigenvalue weighted by Crippen LogP contribution is -2.10. The van der Waals surface area contributed by atoms with Gasteiger partial charge in [-0.15, -0.1) is 16.8 Å². The summed E-state index contributed by atoms with van der Waals surface area (Å²) in [7, 11) is 0. The van der Waals surface area contributed by atoms with Gasteiger partial charge in [0.05, 0.1) is 0 Å². The first-order valence-electron chi connectivity index (χ1n) is 7.80. The summed E-state index contributed by atoms with van der Waals surface area (Å²) in [6, 6.07) is 17.2. The largest absolute Gasteiger partial charge is 0.366 e. The Hall–Kier alpha value is -2.86. The topological polar surface area (TPSA) is 73.8 Å². The van der Waals surface area contributed by atoms with Crippen LogP contribution in [0.1, 0.15) is 15.9 Å². The van der Waals surface area contributed by atoms with E-state index in [2.05, 4.69) is 16.8 Å². The Labute approximate surface area is 150 Å². The molecule has 0 radical (unpaired) electrons. The van der Waals surface area contributed by atoms with Gasteiger partial charge in [-0.2, -0.15) is 0 Å².